The van der Waals surface area contributed by atoms with Crippen LogP contribution in [0.25, 0.3) is 0 Å². The number of anilines is 1. The average molecular weight is 368 g/mol. The summed E-state index contributed by atoms with van der Waals surface area (Å²) in [5.41, 5.74) is 3.35. The van der Waals surface area contributed by atoms with Crippen molar-refractivity contribution in [2.75, 3.05) is 5.32 Å². The molecule has 5 heteroatoms. The Hall–Kier alpha value is -2.79. The van der Waals surface area contributed by atoms with E-state index in [4.69, 9.17) is 12.2 Å². The Morgan fingerprint density at radius 3 is 2.19 bits per heavy atom. The van der Waals surface area contributed by atoms with Crippen LogP contribution >= 0.6 is 12.2 Å². The highest BCUT2D eigenvalue weighted by molar-refractivity contribution is 7.80. The van der Waals surface area contributed by atoms with Gasteiger partial charge in [-0.2, -0.15) is 0 Å². The first-order valence-electron chi connectivity index (χ1n) is 8.17. The Bertz CT molecular complexity index is 896. The van der Waals surface area contributed by atoms with Gasteiger partial charge in [0.15, 0.2) is 5.11 Å². The lowest BCUT2D eigenvalue weighted by Crippen LogP contribution is -2.33. The number of hydrogen-bond acceptors (Lipinski definition) is 1. The van der Waals surface area contributed by atoms with E-state index in [1.807, 2.05) is 61.5 Å². The Labute approximate surface area is 156 Å². The van der Waals surface area contributed by atoms with Crippen molar-refractivity contribution < 1.29 is 8.78 Å². The molecule has 1 atom stereocenters. The summed E-state index contributed by atoms with van der Waals surface area (Å²) in [4.78, 5) is 0. The average Bonchev–Trinajstić information content (AvgIpc) is 2.64. The second-order valence-corrected chi connectivity index (χ2v) is 6.39. The second kappa shape index (κ2) is 8.06. The van der Waals surface area contributed by atoms with Gasteiger partial charge in [-0.3, -0.25) is 0 Å². The van der Waals surface area contributed by atoms with Gasteiger partial charge in [0.05, 0.1) is 11.7 Å². The van der Waals surface area contributed by atoms with Crippen LogP contribution in [0.2, 0.25) is 0 Å². The first-order valence-corrected chi connectivity index (χ1v) is 8.58. The maximum atomic E-state index is 13.8. The summed E-state index contributed by atoms with van der Waals surface area (Å²) in [7, 11) is 0. The van der Waals surface area contributed by atoms with Crippen molar-refractivity contribution in [3.8, 4) is 0 Å². The van der Waals surface area contributed by atoms with E-state index >= 15 is 0 Å². The fourth-order valence-corrected chi connectivity index (χ4v) is 2.87. The van der Waals surface area contributed by atoms with Crippen molar-refractivity contribution in [2.24, 2.45) is 0 Å². The zero-order chi connectivity index (χ0) is 18.5. The lowest BCUT2D eigenvalue weighted by molar-refractivity contribution is 0.586. The fraction of sp³-hybridized carbons (Fsp3) is 0.0952. The lowest BCUT2D eigenvalue weighted by atomic mass is 9.98. The first-order chi connectivity index (χ1) is 12.5. The second-order valence-electron chi connectivity index (χ2n) is 5.98. The van der Waals surface area contributed by atoms with Crippen LogP contribution in [0.4, 0.5) is 14.5 Å². The van der Waals surface area contributed by atoms with Crippen LogP contribution in [0.15, 0.2) is 72.8 Å². The van der Waals surface area contributed by atoms with Crippen molar-refractivity contribution in [3.05, 3.63) is 101 Å². The third-order valence-corrected chi connectivity index (χ3v) is 4.22. The smallest absolute Gasteiger partial charge is 0.171 e. The van der Waals surface area contributed by atoms with E-state index in [1.165, 1.54) is 12.1 Å². The minimum Gasteiger partial charge on any atom is -0.352 e. The summed E-state index contributed by atoms with van der Waals surface area (Å²) >= 11 is 5.35. The topological polar surface area (TPSA) is 24.1 Å². The molecule has 0 unspecified atom stereocenters. The monoisotopic (exact) mass is 368 g/mol. The summed E-state index contributed by atoms with van der Waals surface area (Å²) in [6, 6.07) is 21.1. The number of halogens is 2. The molecule has 3 aromatic carbocycles. The fourth-order valence-electron chi connectivity index (χ4n) is 2.64. The molecule has 0 amide bonds. The standard InChI is InChI=1S/C21H18F2N2S/c1-14-7-9-16(10-8-14)20(15-5-3-2-4-6-15)25-21(26)24-19-12-11-17(22)13-18(19)23/h2-13,20H,1H3,(H2,24,25,26)/t20-/m1/s1. The normalized spacial score (nSPS) is 11.7. The molecule has 3 aromatic rings. The van der Waals surface area contributed by atoms with E-state index in [9.17, 15) is 8.78 Å². The molecule has 0 fully saturated rings. The van der Waals surface area contributed by atoms with Crippen molar-refractivity contribution in [2.45, 2.75) is 13.0 Å². The summed E-state index contributed by atoms with van der Waals surface area (Å²) in [6.07, 6.45) is 0. The number of aryl methyl sites for hydroxylation is 1. The molecule has 2 N–H and O–H groups in total. The van der Waals surface area contributed by atoms with Crippen molar-refractivity contribution >= 4 is 23.0 Å². The predicted octanol–water partition coefficient (Wildman–Crippen LogP) is 5.35. The van der Waals surface area contributed by atoms with E-state index in [2.05, 4.69) is 10.6 Å². The molecule has 26 heavy (non-hydrogen) atoms. The Morgan fingerprint density at radius 1 is 0.885 bits per heavy atom. The number of hydrogen-bond donors (Lipinski definition) is 2. The third-order valence-electron chi connectivity index (χ3n) is 4.00. The molecule has 0 aromatic heterocycles. The number of thiocarbonyl (C=S) groups is 1. The summed E-state index contributed by atoms with van der Waals surface area (Å²) in [5.74, 6) is -1.32. The summed E-state index contributed by atoms with van der Waals surface area (Å²) in [6.45, 7) is 2.03. The van der Waals surface area contributed by atoms with E-state index < -0.39 is 11.6 Å². The molecular weight excluding hydrogens is 350 g/mol. The van der Waals surface area contributed by atoms with Gasteiger partial charge in [-0.15, -0.1) is 0 Å². The van der Waals surface area contributed by atoms with E-state index in [0.29, 0.717) is 0 Å². The van der Waals surface area contributed by atoms with Gasteiger partial charge in [0.2, 0.25) is 0 Å². The molecule has 0 radical (unpaired) electrons. The molecule has 0 heterocycles. The maximum Gasteiger partial charge on any atom is 0.171 e. The van der Waals surface area contributed by atoms with Gasteiger partial charge in [0.25, 0.3) is 0 Å². The largest absolute Gasteiger partial charge is 0.352 e. The Kier molecular flexibility index (Phi) is 5.58. The number of benzene rings is 3. The van der Waals surface area contributed by atoms with Crippen molar-refractivity contribution in [1.29, 1.82) is 0 Å². The Morgan fingerprint density at radius 2 is 1.54 bits per heavy atom. The van der Waals surface area contributed by atoms with Gasteiger partial charge < -0.3 is 10.6 Å². The third kappa shape index (κ3) is 4.43. The zero-order valence-electron chi connectivity index (χ0n) is 14.2. The van der Waals surface area contributed by atoms with Crippen LogP contribution in [-0.2, 0) is 0 Å². The minimum absolute atomic E-state index is 0.125. The molecule has 0 aliphatic rings. The van der Waals surface area contributed by atoms with Gasteiger partial charge in [-0.05, 0) is 42.4 Å². The van der Waals surface area contributed by atoms with Gasteiger partial charge in [0, 0.05) is 6.07 Å². The van der Waals surface area contributed by atoms with Crippen LogP contribution in [0, 0.1) is 18.6 Å². The molecule has 0 saturated heterocycles. The highest BCUT2D eigenvalue weighted by Crippen LogP contribution is 2.23. The minimum atomic E-state index is -0.694. The number of rotatable bonds is 4. The summed E-state index contributed by atoms with van der Waals surface area (Å²) in [5, 5.41) is 6.27. The van der Waals surface area contributed by atoms with E-state index in [-0.39, 0.29) is 16.8 Å². The van der Waals surface area contributed by atoms with Crippen LogP contribution in [0.3, 0.4) is 0 Å². The maximum absolute atomic E-state index is 13.8. The first kappa shape index (κ1) is 18.0. The molecule has 2 nitrogen and oxygen atoms in total. The van der Waals surface area contributed by atoms with E-state index in [1.54, 1.807) is 0 Å². The molecule has 0 aliphatic carbocycles. The highest BCUT2D eigenvalue weighted by atomic mass is 32.1. The van der Waals surface area contributed by atoms with Crippen molar-refractivity contribution in [1.82, 2.24) is 5.32 Å². The molecule has 0 aliphatic heterocycles. The molecule has 0 spiro atoms. The SMILES string of the molecule is Cc1ccc([C@H](NC(=S)Nc2ccc(F)cc2F)c2ccccc2)cc1. The quantitative estimate of drug-likeness (QED) is 0.607. The molecular formula is C21H18F2N2S. The van der Waals surface area contributed by atoms with E-state index in [0.717, 1.165) is 22.8 Å². The van der Waals surface area contributed by atoms with Crippen LogP contribution < -0.4 is 10.6 Å². The summed E-state index contributed by atoms with van der Waals surface area (Å²) < 4.78 is 26.9. The number of nitrogens with one attached hydrogen (secondary N) is 2. The molecule has 3 rings (SSSR count). The predicted molar refractivity (Wildman–Crippen MR) is 105 cm³/mol. The zero-order valence-corrected chi connectivity index (χ0v) is 15.0. The van der Waals surface area contributed by atoms with Crippen LogP contribution in [-0.4, -0.2) is 5.11 Å². The van der Waals surface area contributed by atoms with Crippen LogP contribution in [0.1, 0.15) is 22.7 Å². The van der Waals surface area contributed by atoms with Gasteiger partial charge in [-0.25, -0.2) is 8.78 Å². The van der Waals surface area contributed by atoms with Gasteiger partial charge >= 0.3 is 0 Å². The molecule has 0 saturated carbocycles. The molecule has 0 bridgehead atoms. The molecule has 132 valence electrons. The van der Waals surface area contributed by atoms with Gasteiger partial charge in [0.1, 0.15) is 11.6 Å². The Balaban J connectivity index is 1.83. The van der Waals surface area contributed by atoms with Crippen LogP contribution in [0.5, 0.6) is 0 Å². The van der Waals surface area contributed by atoms with Crippen molar-refractivity contribution in [3.63, 3.8) is 0 Å². The van der Waals surface area contributed by atoms with Gasteiger partial charge in [-0.1, -0.05) is 60.2 Å². The highest BCUT2D eigenvalue weighted by Gasteiger charge is 2.16. The lowest BCUT2D eigenvalue weighted by Gasteiger charge is -2.22.